The molecule has 1 fully saturated rings. The zero-order valence-electron chi connectivity index (χ0n) is 7.55. The Bertz CT molecular complexity index is 180. The van der Waals surface area contributed by atoms with Crippen molar-refractivity contribution in [2.24, 2.45) is 5.41 Å². The van der Waals surface area contributed by atoms with Crippen molar-refractivity contribution in [3.63, 3.8) is 0 Å². The number of hydrogen-bond donors (Lipinski definition) is 3. The summed E-state index contributed by atoms with van der Waals surface area (Å²) >= 11 is 0. The van der Waals surface area contributed by atoms with Gasteiger partial charge in [-0.1, -0.05) is 13.8 Å². The lowest BCUT2D eigenvalue weighted by molar-refractivity contribution is 0.153. The lowest BCUT2D eigenvalue weighted by Crippen LogP contribution is -2.59. The first kappa shape index (κ1) is 9.32. The van der Waals surface area contributed by atoms with Gasteiger partial charge in [-0.05, 0) is 6.42 Å². The van der Waals surface area contributed by atoms with E-state index in [1.807, 2.05) is 0 Å². The third kappa shape index (κ3) is 1.88. The van der Waals surface area contributed by atoms with Gasteiger partial charge in [0, 0.05) is 24.6 Å². The van der Waals surface area contributed by atoms with Gasteiger partial charge in [0.05, 0.1) is 0 Å². The maximum absolute atomic E-state index is 10.9. The molecule has 0 spiro atoms. The van der Waals surface area contributed by atoms with Gasteiger partial charge < -0.3 is 15.7 Å². The number of amides is 2. The first-order chi connectivity index (χ1) is 5.56. The summed E-state index contributed by atoms with van der Waals surface area (Å²) in [5, 5.41) is 14.3. The highest BCUT2D eigenvalue weighted by atomic mass is 16.3. The third-order valence-electron chi connectivity index (χ3n) is 2.37. The van der Waals surface area contributed by atoms with E-state index in [1.54, 1.807) is 0 Å². The van der Waals surface area contributed by atoms with Crippen LogP contribution in [0.3, 0.4) is 0 Å². The smallest absolute Gasteiger partial charge is 0.315 e. The molecule has 0 aromatic rings. The molecule has 1 rings (SSSR count). The van der Waals surface area contributed by atoms with Crippen LogP contribution in [0.5, 0.6) is 0 Å². The fraction of sp³-hybridized carbons (Fsp3) is 0.875. The largest absolute Gasteiger partial charge is 0.396 e. The Morgan fingerprint density at radius 1 is 1.67 bits per heavy atom. The second-order valence-corrected chi connectivity index (χ2v) is 3.88. The van der Waals surface area contributed by atoms with Gasteiger partial charge in [0.2, 0.25) is 0 Å². The van der Waals surface area contributed by atoms with E-state index in [0.29, 0.717) is 13.0 Å². The summed E-state index contributed by atoms with van der Waals surface area (Å²) in [4.78, 5) is 10.9. The minimum atomic E-state index is -0.132. The van der Waals surface area contributed by atoms with Gasteiger partial charge in [-0.15, -0.1) is 0 Å². The zero-order valence-corrected chi connectivity index (χ0v) is 7.55. The molecule has 1 aliphatic heterocycles. The molecule has 1 saturated heterocycles. The van der Waals surface area contributed by atoms with Crippen LogP contribution in [-0.4, -0.2) is 30.3 Å². The summed E-state index contributed by atoms with van der Waals surface area (Å²) in [6, 6.07) is -0.0518. The van der Waals surface area contributed by atoms with E-state index in [0.717, 1.165) is 0 Å². The lowest BCUT2D eigenvalue weighted by atomic mass is 9.81. The summed E-state index contributed by atoms with van der Waals surface area (Å²) < 4.78 is 0. The Labute approximate surface area is 72.3 Å². The normalized spacial score (nSPS) is 27.6. The molecule has 0 saturated carbocycles. The second kappa shape index (κ2) is 3.31. The summed E-state index contributed by atoms with van der Waals surface area (Å²) in [7, 11) is 0. The number of hydrogen-bond acceptors (Lipinski definition) is 2. The van der Waals surface area contributed by atoms with E-state index < -0.39 is 0 Å². The van der Waals surface area contributed by atoms with Gasteiger partial charge in [0.25, 0.3) is 0 Å². The van der Waals surface area contributed by atoms with Crippen LogP contribution in [0.1, 0.15) is 20.3 Å². The predicted molar refractivity (Wildman–Crippen MR) is 45.8 cm³/mol. The van der Waals surface area contributed by atoms with Gasteiger partial charge in [-0.2, -0.15) is 0 Å². The van der Waals surface area contributed by atoms with Crippen molar-refractivity contribution in [1.29, 1.82) is 0 Å². The average molecular weight is 172 g/mol. The first-order valence-electron chi connectivity index (χ1n) is 4.21. The van der Waals surface area contributed by atoms with Crippen molar-refractivity contribution in [3.8, 4) is 0 Å². The molecule has 1 unspecified atom stereocenters. The summed E-state index contributed by atoms with van der Waals surface area (Å²) in [5.41, 5.74) is 0.0244. The van der Waals surface area contributed by atoms with E-state index in [1.165, 1.54) is 0 Å². The van der Waals surface area contributed by atoms with E-state index >= 15 is 0 Å². The maximum atomic E-state index is 10.9. The minimum absolute atomic E-state index is 0.0244. The molecule has 0 aliphatic carbocycles. The minimum Gasteiger partial charge on any atom is -0.396 e. The number of nitrogens with one attached hydrogen (secondary N) is 2. The summed E-state index contributed by atoms with van der Waals surface area (Å²) in [6.07, 6.45) is 0.625. The average Bonchev–Trinajstić information content (AvgIpc) is 1.98. The Balaban J connectivity index is 2.58. The van der Waals surface area contributed by atoms with Crippen molar-refractivity contribution >= 4 is 6.03 Å². The fourth-order valence-corrected chi connectivity index (χ4v) is 1.43. The topological polar surface area (TPSA) is 61.4 Å². The second-order valence-electron chi connectivity index (χ2n) is 3.88. The fourth-order valence-electron chi connectivity index (χ4n) is 1.43. The molecule has 3 N–H and O–H groups in total. The quantitative estimate of drug-likeness (QED) is 0.552. The van der Waals surface area contributed by atoms with Crippen LogP contribution in [0.25, 0.3) is 0 Å². The van der Waals surface area contributed by atoms with Crippen LogP contribution in [0.4, 0.5) is 4.79 Å². The molecule has 0 radical (unpaired) electrons. The van der Waals surface area contributed by atoms with Gasteiger partial charge in [0.15, 0.2) is 0 Å². The molecule has 1 aliphatic rings. The molecule has 1 atom stereocenters. The van der Waals surface area contributed by atoms with Crippen LogP contribution in [0.15, 0.2) is 0 Å². The molecule has 0 bridgehead atoms. The van der Waals surface area contributed by atoms with E-state index in [4.69, 9.17) is 5.11 Å². The van der Waals surface area contributed by atoms with Crippen molar-refractivity contribution in [2.45, 2.75) is 26.3 Å². The Morgan fingerprint density at radius 2 is 2.33 bits per heavy atom. The number of aliphatic hydroxyl groups is 1. The Morgan fingerprint density at radius 3 is 2.92 bits per heavy atom. The zero-order chi connectivity index (χ0) is 9.19. The van der Waals surface area contributed by atoms with Crippen molar-refractivity contribution in [1.82, 2.24) is 10.6 Å². The van der Waals surface area contributed by atoms with Crippen molar-refractivity contribution in [3.05, 3.63) is 0 Å². The molecule has 12 heavy (non-hydrogen) atoms. The molecule has 1 heterocycles. The van der Waals surface area contributed by atoms with Gasteiger partial charge in [0.1, 0.15) is 0 Å². The van der Waals surface area contributed by atoms with Gasteiger partial charge >= 0.3 is 6.03 Å². The standard InChI is InChI=1S/C8H16N2O2/c1-8(2)5-9-7(12)10-6(8)3-4-11/h6,11H,3-5H2,1-2H3,(H2,9,10,12). The SMILES string of the molecule is CC1(C)CNC(=O)NC1CCO. The molecule has 70 valence electrons. The molecule has 2 amide bonds. The molecule has 4 nitrogen and oxygen atoms in total. The van der Waals surface area contributed by atoms with Crippen LogP contribution >= 0.6 is 0 Å². The highest BCUT2D eigenvalue weighted by Gasteiger charge is 2.34. The number of urea groups is 1. The van der Waals surface area contributed by atoms with Crippen molar-refractivity contribution < 1.29 is 9.90 Å². The van der Waals surface area contributed by atoms with E-state index in [9.17, 15) is 4.79 Å². The number of aliphatic hydroxyl groups excluding tert-OH is 1. The molecule has 4 heteroatoms. The Hall–Kier alpha value is -0.770. The van der Waals surface area contributed by atoms with Crippen LogP contribution in [0.2, 0.25) is 0 Å². The monoisotopic (exact) mass is 172 g/mol. The summed E-state index contributed by atoms with van der Waals surface area (Å²) in [5.74, 6) is 0. The summed E-state index contributed by atoms with van der Waals surface area (Å²) in [6.45, 7) is 4.93. The Kier molecular flexibility index (Phi) is 2.57. The highest BCUT2D eigenvalue weighted by molar-refractivity contribution is 5.75. The molecular formula is C8H16N2O2. The lowest BCUT2D eigenvalue weighted by Gasteiger charge is -2.39. The number of carbonyl (C=O) groups is 1. The van der Waals surface area contributed by atoms with Crippen LogP contribution in [0, 0.1) is 5.41 Å². The third-order valence-corrected chi connectivity index (χ3v) is 2.37. The molecule has 0 aromatic heterocycles. The van der Waals surface area contributed by atoms with E-state index in [2.05, 4.69) is 24.5 Å². The number of carbonyl (C=O) groups excluding carboxylic acids is 1. The van der Waals surface area contributed by atoms with Gasteiger partial charge in [-0.25, -0.2) is 4.79 Å². The van der Waals surface area contributed by atoms with Gasteiger partial charge in [-0.3, -0.25) is 0 Å². The molecular weight excluding hydrogens is 156 g/mol. The molecule has 0 aromatic carbocycles. The first-order valence-corrected chi connectivity index (χ1v) is 4.21. The highest BCUT2D eigenvalue weighted by Crippen LogP contribution is 2.23. The maximum Gasteiger partial charge on any atom is 0.315 e. The van der Waals surface area contributed by atoms with Crippen LogP contribution in [-0.2, 0) is 0 Å². The van der Waals surface area contributed by atoms with E-state index in [-0.39, 0.29) is 24.1 Å². The van der Waals surface area contributed by atoms with Crippen molar-refractivity contribution in [2.75, 3.05) is 13.2 Å². The predicted octanol–water partition coefficient (Wildman–Crippen LogP) is 0.0764. The number of rotatable bonds is 2. The van der Waals surface area contributed by atoms with Crippen LogP contribution < -0.4 is 10.6 Å².